The first-order valence-electron chi connectivity index (χ1n) is 17.7. The monoisotopic (exact) mass is 776 g/mol. The molecule has 0 fully saturated rings. The lowest BCUT2D eigenvalue weighted by Gasteiger charge is -2.19. The molecule has 2 aromatic heterocycles. The zero-order valence-corrected chi connectivity index (χ0v) is 30.8. The van der Waals surface area contributed by atoms with Gasteiger partial charge in [-0.1, -0.05) is 72.8 Å². The third-order valence-electron chi connectivity index (χ3n) is 9.47. The van der Waals surface area contributed by atoms with Gasteiger partial charge in [0, 0.05) is 28.1 Å². The van der Waals surface area contributed by atoms with E-state index in [1.54, 1.807) is 71.5 Å². The van der Waals surface area contributed by atoms with Crippen LogP contribution in [0.15, 0.2) is 146 Å². The molecule has 8 rings (SSSR count). The van der Waals surface area contributed by atoms with Gasteiger partial charge in [-0.15, -0.1) is 0 Å². The van der Waals surface area contributed by atoms with Gasteiger partial charge in [-0.05, 0) is 98.1 Å². The molecule has 0 aliphatic rings. The van der Waals surface area contributed by atoms with E-state index in [-0.39, 0.29) is 16.8 Å². The predicted molar refractivity (Wildman–Crippen MR) is 208 cm³/mol. The van der Waals surface area contributed by atoms with Gasteiger partial charge in [-0.25, -0.2) is 9.97 Å². The van der Waals surface area contributed by atoms with Crippen molar-refractivity contribution in [2.24, 2.45) is 0 Å². The molecule has 288 valence electrons. The van der Waals surface area contributed by atoms with E-state index in [4.69, 9.17) is 0 Å². The Labute approximate surface area is 323 Å². The molecule has 0 aliphatic carbocycles. The smallest absolute Gasteiger partial charge is 0.386 e. The number of aromatic nitrogens is 4. The Balaban J connectivity index is 0.000000174. The maximum atomic E-state index is 13.5. The van der Waals surface area contributed by atoms with Gasteiger partial charge in [0.05, 0.1) is 38.8 Å². The summed E-state index contributed by atoms with van der Waals surface area (Å²) in [6.07, 6.45) is -5.95. The molecule has 8 aromatic rings. The number of rotatable bonds is 6. The van der Waals surface area contributed by atoms with E-state index in [2.05, 4.69) is 9.97 Å². The maximum Gasteiger partial charge on any atom is 0.416 e. The number of halogens is 6. The van der Waals surface area contributed by atoms with E-state index >= 15 is 0 Å². The number of para-hydroxylation sites is 2. The van der Waals surface area contributed by atoms with E-state index < -0.39 is 29.1 Å². The highest BCUT2D eigenvalue weighted by Gasteiger charge is 2.34. The van der Waals surface area contributed by atoms with E-state index in [0.29, 0.717) is 44.4 Å². The highest BCUT2D eigenvalue weighted by Crippen LogP contribution is 2.40. The van der Waals surface area contributed by atoms with Crippen molar-refractivity contribution in [3.63, 3.8) is 0 Å². The number of hydrogen-bond acceptors (Lipinski definition) is 4. The van der Waals surface area contributed by atoms with E-state index in [1.165, 1.54) is 19.6 Å². The third-order valence-corrected chi connectivity index (χ3v) is 9.47. The van der Waals surface area contributed by atoms with Gasteiger partial charge in [-0.2, -0.15) is 26.3 Å². The van der Waals surface area contributed by atoms with Gasteiger partial charge in [0.25, 0.3) is 0 Å². The molecule has 57 heavy (non-hydrogen) atoms. The summed E-state index contributed by atoms with van der Waals surface area (Å²) in [6.45, 7) is 4.71. The molecular formula is C45H34F6N4O2. The molecule has 2 heterocycles. The topological polar surface area (TPSA) is 72.9 Å². The molecule has 6 aromatic carbocycles. The van der Waals surface area contributed by atoms with Crippen molar-refractivity contribution in [2.75, 3.05) is 0 Å². The van der Waals surface area contributed by atoms with E-state index in [0.717, 1.165) is 35.6 Å². The van der Waals surface area contributed by atoms with E-state index in [1.807, 2.05) is 60.7 Å². The van der Waals surface area contributed by atoms with Crippen LogP contribution in [0.3, 0.4) is 0 Å². The summed E-state index contributed by atoms with van der Waals surface area (Å²) in [5, 5.41) is 10.4. The van der Waals surface area contributed by atoms with Crippen molar-refractivity contribution >= 4 is 27.9 Å². The van der Waals surface area contributed by atoms with Gasteiger partial charge in [0.15, 0.2) is 5.78 Å². The average Bonchev–Trinajstić information content (AvgIpc) is 3.82. The predicted octanol–water partition coefficient (Wildman–Crippen LogP) is 11.9. The van der Waals surface area contributed by atoms with Crippen molar-refractivity contribution < 1.29 is 36.2 Å². The number of alkyl halides is 6. The molecular weight excluding hydrogens is 743 g/mol. The van der Waals surface area contributed by atoms with E-state index in [9.17, 15) is 36.2 Å². The second-order valence-electron chi connectivity index (χ2n) is 14.0. The Hall–Kier alpha value is -6.53. The lowest BCUT2D eigenvalue weighted by Crippen LogP contribution is -2.15. The Morgan fingerprint density at radius 3 is 1.40 bits per heavy atom. The normalized spacial score (nSPS) is 12.1. The fourth-order valence-corrected chi connectivity index (χ4v) is 6.61. The number of ketones is 1. The minimum absolute atomic E-state index is 0.151. The standard InChI is InChI=1S/C23H19F3N2O.C22H15F3N2O/c1-22(2,29)16-8-6-7-15(11-16)19-12-17(23(24,25)26)13-20-21(19)28(14-27-20)18-9-4-3-5-10-18;1-14(28)15-6-5-7-16(10-15)19-11-17(22(23,24)25)12-20-21(19)27(13-26-20)18-8-3-2-4-9-18/h3-14,29H,1-2H3;2-13H,1H3. The fourth-order valence-electron chi connectivity index (χ4n) is 6.61. The lowest BCUT2D eigenvalue weighted by molar-refractivity contribution is -0.138. The fraction of sp³-hybridized carbons (Fsp3) is 0.133. The first kappa shape index (κ1) is 38.7. The van der Waals surface area contributed by atoms with Crippen molar-refractivity contribution in [1.82, 2.24) is 19.1 Å². The number of carbonyl (C=O) groups excluding carboxylic acids is 1. The molecule has 0 aliphatic heterocycles. The SMILES string of the molecule is CC(=O)c1cccc(-c2cc(C(F)(F)F)cc3ncn(-c4ccccc4)c23)c1.CC(C)(O)c1cccc(-c2cc(C(F)(F)F)cc3ncn(-c4ccccc4)c23)c1. The largest absolute Gasteiger partial charge is 0.416 e. The molecule has 6 nitrogen and oxygen atoms in total. The second kappa shape index (κ2) is 14.8. The van der Waals surface area contributed by atoms with Crippen molar-refractivity contribution in [3.05, 3.63) is 168 Å². The quantitative estimate of drug-likeness (QED) is 0.135. The average molecular weight is 777 g/mol. The summed E-state index contributed by atoms with van der Waals surface area (Å²) < 4.78 is 84.5. The molecule has 0 saturated carbocycles. The van der Waals surface area contributed by atoms with Gasteiger partial charge in [-0.3, -0.25) is 13.9 Å². The molecule has 0 saturated heterocycles. The van der Waals surface area contributed by atoms with Crippen LogP contribution in [-0.2, 0) is 18.0 Å². The number of fused-ring (bicyclic) bond motifs is 2. The summed E-state index contributed by atoms with van der Waals surface area (Å²) in [7, 11) is 0. The molecule has 1 N–H and O–H groups in total. The van der Waals surface area contributed by atoms with Crippen molar-refractivity contribution in [2.45, 2.75) is 38.7 Å². The number of nitrogens with zero attached hydrogens (tertiary/aromatic N) is 4. The minimum Gasteiger partial charge on any atom is -0.386 e. The number of aliphatic hydroxyl groups is 1. The van der Waals surface area contributed by atoms with Crippen molar-refractivity contribution in [1.29, 1.82) is 0 Å². The summed E-state index contributed by atoms with van der Waals surface area (Å²) in [5.41, 5.74) is 3.51. The molecule has 0 unspecified atom stereocenters. The Morgan fingerprint density at radius 2 is 0.982 bits per heavy atom. The van der Waals surface area contributed by atoms with Crippen LogP contribution in [0.1, 0.15) is 47.8 Å². The first-order valence-corrected chi connectivity index (χ1v) is 17.7. The van der Waals surface area contributed by atoms with Crippen molar-refractivity contribution in [3.8, 4) is 33.6 Å². The van der Waals surface area contributed by atoms with Crippen LogP contribution in [0, 0.1) is 0 Å². The number of Topliss-reactive ketones (excluding diaryl/α,β-unsaturated/α-hetero) is 1. The zero-order valence-electron chi connectivity index (χ0n) is 30.8. The van der Waals surface area contributed by atoms with Crippen LogP contribution in [-0.4, -0.2) is 30.0 Å². The Morgan fingerprint density at radius 1 is 0.544 bits per heavy atom. The van der Waals surface area contributed by atoms with Gasteiger partial charge in [0.2, 0.25) is 0 Å². The number of hydrogen-bond donors (Lipinski definition) is 1. The van der Waals surface area contributed by atoms with Gasteiger partial charge in [0.1, 0.15) is 12.7 Å². The van der Waals surface area contributed by atoms with Crippen LogP contribution < -0.4 is 0 Å². The third kappa shape index (κ3) is 8.08. The molecule has 12 heteroatoms. The highest BCUT2D eigenvalue weighted by molar-refractivity contribution is 5.99. The first-order chi connectivity index (χ1) is 27.0. The van der Waals surface area contributed by atoms with Crippen LogP contribution in [0.25, 0.3) is 55.7 Å². The Kier molecular flexibility index (Phi) is 10.1. The zero-order chi connectivity index (χ0) is 40.7. The molecule has 0 spiro atoms. The van der Waals surface area contributed by atoms with Crippen LogP contribution in [0.5, 0.6) is 0 Å². The van der Waals surface area contributed by atoms with Crippen LogP contribution >= 0.6 is 0 Å². The lowest BCUT2D eigenvalue weighted by atomic mass is 9.93. The van der Waals surface area contributed by atoms with Crippen LogP contribution in [0.2, 0.25) is 0 Å². The minimum atomic E-state index is -4.50. The van der Waals surface area contributed by atoms with Gasteiger partial charge >= 0.3 is 12.4 Å². The molecule has 0 bridgehead atoms. The number of imidazole rings is 2. The summed E-state index contributed by atoms with van der Waals surface area (Å²) in [6, 6.07) is 36.6. The van der Waals surface area contributed by atoms with Crippen LogP contribution in [0.4, 0.5) is 26.3 Å². The number of carbonyl (C=O) groups is 1. The van der Waals surface area contributed by atoms with Gasteiger partial charge < -0.3 is 5.11 Å². The highest BCUT2D eigenvalue weighted by atomic mass is 19.4. The Bertz CT molecular complexity index is 2730. The summed E-state index contributed by atoms with van der Waals surface area (Å²) in [4.78, 5) is 20.2. The molecule has 0 atom stereocenters. The number of benzene rings is 6. The maximum absolute atomic E-state index is 13.5. The molecule has 0 amide bonds. The summed E-state index contributed by atoms with van der Waals surface area (Å²) >= 11 is 0. The second-order valence-corrected chi connectivity index (χ2v) is 14.0. The summed E-state index contributed by atoms with van der Waals surface area (Å²) in [5.74, 6) is -0.151. The molecule has 0 radical (unpaired) electrons.